The van der Waals surface area contributed by atoms with Crippen molar-refractivity contribution in [3.05, 3.63) is 0 Å². The molecular formula is C12H22N2O4. The van der Waals surface area contributed by atoms with Gasteiger partial charge in [-0.25, -0.2) is 4.79 Å². The Bertz CT molecular complexity index is 343. The summed E-state index contributed by atoms with van der Waals surface area (Å²) in [5.74, 6) is -0.918. The molecule has 104 valence electrons. The molecule has 2 amide bonds. The molecule has 2 atom stereocenters. The molecule has 1 aliphatic heterocycles. The van der Waals surface area contributed by atoms with Crippen LogP contribution in [0.4, 0.5) is 4.79 Å². The van der Waals surface area contributed by atoms with Crippen molar-refractivity contribution in [2.75, 3.05) is 19.6 Å². The third-order valence-corrected chi connectivity index (χ3v) is 3.67. The lowest BCUT2D eigenvalue weighted by Gasteiger charge is -2.25. The van der Waals surface area contributed by atoms with Gasteiger partial charge < -0.3 is 20.4 Å². The van der Waals surface area contributed by atoms with E-state index in [1.165, 1.54) is 4.90 Å². The van der Waals surface area contributed by atoms with E-state index in [0.29, 0.717) is 19.4 Å². The minimum atomic E-state index is -0.947. The van der Waals surface area contributed by atoms with Gasteiger partial charge in [0.2, 0.25) is 0 Å². The Hall–Kier alpha value is -1.30. The van der Waals surface area contributed by atoms with E-state index in [9.17, 15) is 14.7 Å². The largest absolute Gasteiger partial charge is 0.481 e. The normalized spacial score (nSPS) is 26.8. The predicted octanol–water partition coefficient (Wildman–Crippen LogP) is 0.654. The Morgan fingerprint density at radius 2 is 2.11 bits per heavy atom. The third-order valence-electron chi connectivity index (χ3n) is 3.67. The molecule has 1 saturated heterocycles. The molecule has 1 heterocycles. The van der Waals surface area contributed by atoms with Crippen molar-refractivity contribution >= 4 is 12.0 Å². The molecule has 0 aromatic rings. The lowest BCUT2D eigenvalue weighted by Crippen LogP contribution is -2.46. The number of carboxylic acids is 1. The number of hydrogen-bond acceptors (Lipinski definition) is 3. The van der Waals surface area contributed by atoms with Crippen LogP contribution >= 0.6 is 0 Å². The topological polar surface area (TPSA) is 89.9 Å². The van der Waals surface area contributed by atoms with Crippen molar-refractivity contribution in [3.8, 4) is 0 Å². The summed E-state index contributed by atoms with van der Waals surface area (Å²) < 4.78 is 0. The molecule has 1 aliphatic rings. The van der Waals surface area contributed by atoms with Crippen molar-refractivity contribution in [3.63, 3.8) is 0 Å². The highest BCUT2D eigenvalue weighted by molar-refractivity contribution is 5.78. The zero-order chi connectivity index (χ0) is 14.0. The number of rotatable bonds is 4. The molecule has 0 saturated carbocycles. The molecule has 0 bridgehead atoms. The van der Waals surface area contributed by atoms with Crippen LogP contribution in [-0.2, 0) is 4.79 Å². The highest BCUT2D eigenvalue weighted by Crippen LogP contribution is 2.22. The van der Waals surface area contributed by atoms with E-state index >= 15 is 0 Å². The van der Waals surface area contributed by atoms with E-state index in [0.717, 1.165) is 0 Å². The first-order chi connectivity index (χ1) is 8.20. The number of urea groups is 1. The highest BCUT2D eigenvalue weighted by Gasteiger charge is 2.36. The molecule has 0 radical (unpaired) electrons. The van der Waals surface area contributed by atoms with E-state index < -0.39 is 17.0 Å². The van der Waals surface area contributed by atoms with E-state index in [1.807, 2.05) is 0 Å². The van der Waals surface area contributed by atoms with Crippen LogP contribution in [0, 0.1) is 5.41 Å². The summed E-state index contributed by atoms with van der Waals surface area (Å²) in [7, 11) is 0. The Morgan fingerprint density at radius 3 is 2.50 bits per heavy atom. The van der Waals surface area contributed by atoms with Gasteiger partial charge in [0, 0.05) is 13.1 Å². The van der Waals surface area contributed by atoms with Crippen molar-refractivity contribution < 1.29 is 19.8 Å². The van der Waals surface area contributed by atoms with Crippen LogP contribution in [0.1, 0.15) is 33.6 Å². The fraction of sp³-hybridized carbons (Fsp3) is 0.833. The second kappa shape index (κ2) is 5.14. The van der Waals surface area contributed by atoms with Gasteiger partial charge in [-0.3, -0.25) is 4.79 Å². The lowest BCUT2D eigenvalue weighted by molar-refractivity contribution is -0.147. The van der Waals surface area contributed by atoms with Gasteiger partial charge in [0.15, 0.2) is 0 Å². The summed E-state index contributed by atoms with van der Waals surface area (Å²) in [6.45, 7) is 5.95. The number of nitrogens with zero attached hydrogens (tertiary/aromatic N) is 1. The number of carbonyl (C=O) groups excluding carboxylic acids is 1. The zero-order valence-corrected chi connectivity index (χ0v) is 11.2. The third kappa shape index (κ3) is 3.35. The average molecular weight is 258 g/mol. The molecule has 6 nitrogen and oxygen atoms in total. The second-order valence-corrected chi connectivity index (χ2v) is 5.55. The number of aliphatic hydroxyl groups is 1. The minimum Gasteiger partial charge on any atom is -0.481 e. The van der Waals surface area contributed by atoms with Gasteiger partial charge in [0.05, 0.1) is 17.6 Å². The number of nitrogens with one attached hydrogen (secondary N) is 1. The molecule has 2 unspecified atom stereocenters. The summed E-state index contributed by atoms with van der Waals surface area (Å²) in [5.41, 5.74) is -1.78. The van der Waals surface area contributed by atoms with Gasteiger partial charge in [0.1, 0.15) is 0 Å². The van der Waals surface area contributed by atoms with Crippen molar-refractivity contribution in [2.24, 2.45) is 5.41 Å². The predicted molar refractivity (Wildman–Crippen MR) is 66.2 cm³/mol. The molecule has 1 rings (SSSR count). The Balaban J connectivity index is 2.49. The smallest absolute Gasteiger partial charge is 0.317 e. The molecule has 3 N–H and O–H groups in total. The fourth-order valence-corrected chi connectivity index (χ4v) is 1.85. The Labute approximate surface area is 107 Å². The SMILES string of the molecule is CCC(C)(CNC(=O)N1CCC(C)(O)C1)C(=O)O. The number of hydrogen-bond donors (Lipinski definition) is 3. The molecule has 0 spiro atoms. The number of aliphatic carboxylic acids is 1. The first-order valence-corrected chi connectivity index (χ1v) is 6.19. The van der Waals surface area contributed by atoms with Gasteiger partial charge >= 0.3 is 12.0 Å². The highest BCUT2D eigenvalue weighted by atomic mass is 16.4. The number of likely N-dealkylation sites (tertiary alicyclic amines) is 1. The van der Waals surface area contributed by atoms with Crippen LogP contribution in [0.15, 0.2) is 0 Å². The fourth-order valence-electron chi connectivity index (χ4n) is 1.85. The minimum absolute atomic E-state index is 0.0936. The van der Waals surface area contributed by atoms with E-state index in [4.69, 9.17) is 5.11 Å². The maximum Gasteiger partial charge on any atom is 0.317 e. The molecule has 18 heavy (non-hydrogen) atoms. The quantitative estimate of drug-likeness (QED) is 0.690. The van der Waals surface area contributed by atoms with Gasteiger partial charge in [-0.2, -0.15) is 0 Å². The molecule has 0 aliphatic carbocycles. The van der Waals surface area contributed by atoms with Crippen molar-refractivity contribution in [2.45, 2.75) is 39.2 Å². The lowest BCUT2D eigenvalue weighted by atomic mass is 9.88. The number of carbonyl (C=O) groups is 2. The average Bonchev–Trinajstić information content (AvgIpc) is 2.65. The van der Waals surface area contributed by atoms with E-state index in [2.05, 4.69) is 5.32 Å². The summed E-state index contributed by atoms with van der Waals surface area (Å²) in [6, 6.07) is -0.311. The summed E-state index contributed by atoms with van der Waals surface area (Å²) in [6.07, 6.45) is 0.991. The molecule has 0 aromatic carbocycles. The first kappa shape index (κ1) is 14.8. The van der Waals surface area contributed by atoms with Gasteiger partial charge in [0.25, 0.3) is 0 Å². The number of β-amino-alcohol motifs (C(OH)–C–C–N with tert-alkyl or cyclic N) is 1. The number of amides is 2. The first-order valence-electron chi connectivity index (χ1n) is 6.19. The van der Waals surface area contributed by atoms with Gasteiger partial charge in [-0.1, -0.05) is 6.92 Å². The van der Waals surface area contributed by atoms with Crippen LogP contribution in [-0.4, -0.2) is 52.3 Å². The Morgan fingerprint density at radius 1 is 1.50 bits per heavy atom. The van der Waals surface area contributed by atoms with E-state index in [-0.39, 0.29) is 19.1 Å². The maximum atomic E-state index is 11.8. The van der Waals surface area contributed by atoms with Crippen LogP contribution in [0.3, 0.4) is 0 Å². The van der Waals surface area contributed by atoms with Crippen LogP contribution in [0.25, 0.3) is 0 Å². The molecule has 0 aromatic heterocycles. The van der Waals surface area contributed by atoms with Crippen molar-refractivity contribution in [1.82, 2.24) is 10.2 Å². The maximum absolute atomic E-state index is 11.8. The standard InChI is InChI=1S/C12H22N2O4/c1-4-11(2,9(15)16)7-13-10(17)14-6-5-12(3,18)8-14/h18H,4-8H2,1-3H3,(H,13,17)(H,15,16). The second-order valence-electron chi connectivity index (χ2n) is 5.55. The summed E-state index contributed by atoms with van der Waals surface area (Å²) in [5, 5.41) is 21.5. The summed E-state index contributed by atoms with van der Waals surface area (Å²) >= 11 is 0. The molecule has 1 fully saturated rings. The van der Waals surface area contributed by atoms with E-state index in [1.54, 1.807) is 20.8 Å². The number of carboxylic acid groups (broad SMARTS) is 1. The molecular weight excluding hydrogens is 236 g/mol. The zero-order valence-electron chi connectivity index (χ0n) is 11.2. The van der Waals surface area contributed by atoms with Gasteiger partial charge in [-0.05, 0) is 26.7 Å². The van der Waals surface area contributed by atoms with Crippen LogP contribution < -0.4 is 5.32 Å². The molecule has 6 heteroatoms. The monoisotopic (exact) mass is 258 g/mol. The van der Waals surface area contributed by atoms with Crippen LogP contribution in [0.5, 0.6) is 0 Å². The van der Waals surface area contributed by atoms with Crippen molar-refractivity contribution in [1.29, 1.82) is 0 Å². The van der Waals surface area contributed by atoms with Gasteiger partial charge in [-0.15, -0.1) is 0 Å². The Kier molecular flexibility index (Phi) is 4.21. The summed E-state index contributed by atoms with van der Waals surface area (Å²) in [4.78, 5) is 24.4. The van der Waals surface area contributed by atoms with Crippen LogP contribution in [0.2, 0.25) is 0 Å².